The van der Waals surface area contributed by atoms with Crippen LogP contribution in [0, 0.1) is 0 Å². The zero-order valence-corrected chi connectivity index (χ0v) is 5.26. The number of hydrogen-bond acceptors (Lipinski definition) is 0. The number of halogens is 1. The Morgan fingerprint density at radius 3 is 1.25 bits per heavy atom. The molecule has 4 heteroatoms. The van der Waals surface area contributed by atoms with Crippen LogP contribution in [0.1, 0.15) is 0 Å². The zero-order chi connectivity index (χ0) is 2.00. The molecule has 0 bridgehead atoms. The maximum Gasteiger partial charge on any atom is 0.316 e. The fourth-order valence-electron chi connectivity index (χ4n) is 0. The monoisotopic (exact) mass is 140 g/mol. The van der Waals surface area contributed by atoms with Gasteiger partial charge in [0, 0.05) is 0 Å². The minimum Gasteiger partial charge on any atom is 0.316 e. The third kappa shape index (κ3) is 9.59. The first-order chi connectivity index (χ1) is 1.00. The van der Waals surface area contributed by atoms with Crippen LogP contribution in [0.5, 0.6) is 0 Å². The first-order valence-electron chi connectivity index (χ1n) is 0.378. The second kappa shape index (κ2) is 15.7. The Morgan fingerprint density at radius 1 is 1.25 bits per heavy atom. The van der Waals surface area contributed by atoms with Crippen LogP contribution >= 0.6 is 3.76 Å². The molecule has 0 aromatic heterocycles. The first-order valence-corrected chi connectivity index (χ1v) is 4.68. The minimum atomic E-state index is 0. The summed E-state index contributed by atoms with van der Waals surface area (Å²) in [5.41, 5.74) is 0. The average Bonchev–Trinajstić information content (AvgIpc) is 1.00. The van der Waals surface area contributed by atoms with E-state index in [0.717, 1.165) is 0 Å². The molecule has 0 radical (unpaired) electrons. The third-order valence-electron chi connectivity index (χ3n) is 0. The summed E-state index contributed by atoms with van der Waals surface area (Å²) in [4.78, 5) is 0. The van der Waals surface area contributed by atoms with Crippen LogP contribution in [0.15, 0.2) is 0 Å². The van der Waals surface area contributed by atoms with Crippen LogP contribution in [0.25, 0.3) is 0 Å². The SMILES string of the molecule is [Cl][K].[KH].[MgH2]. The molecular formula is H3ClK2Mg. The molecule has 0 aromatic carbocycles. The van der Waals surface area contributed by atoms with Crippen LogP contribution in [0.3, 0.4) is 0 Å². The van der Waals surface area contributed by atoms with E-state index in [1.54, 1.807) is 0 Å². The Kier molecular flexibility index (Phi) is 61.7. The van der Waals surface area contributed by atoms with Crippen LogP contribution in [-0.4, -0.2) is 122 Å². The van der Waals surface area contributed by atoms with Crippen molar-refractivity contribution in [3.8, 4) is 0 Å². The maximum absolute atomic E-state index is 4.83. The molecule has 0 unspecified atom stereocenters. The average molecular weight is 141 g/mol. The van der Waals surface area contributed by atoms with Crippen molar-refractivity contribution in [2.75, 3.05) is 0 Å². The maximum atomic E-state index is 4.83. The van der Waals surface area contributed by atoms with Gasteiger partial charge in [-0.2, -0.15) is 0 Å². The largest absolute Gasteiger partial charge is 0.316 e. The normalized spacial score (nSPS) is 1.75. The van der Waals surface area contributed by atoms with Gasteiger partial charge in [-0.1, -0.05) is 0 Å². The van der Waals surface area contributed by atoms with E-state index in [9.17, 15) is 0 Å². The molecule has 0 saturated carbocycles. The quantitative estimate of drug-likeness (QED) is 0.369. The molecule has 0 aliphatic heterocycles. The summed E-state index contributed by atoms with van der Waals surface area (Å²) in [6.07, 6.45) is 0. The van der Waals surface area contributed by atoms with Gasteiger partial charge in [0.2, 0.25) is 0 Å². The Bertz CT molecular complexity index is 6.00. The van der Waals surface area contributed by atoms with Gasteiger partial charge in [0.25, 0.3) is 0 Å². The van der Waals surface area contributed by atoms with Crippen molar-refractivity contribution >= 4 is 125 Å². The topological polar surface area (TPSA) is 0 Å². The summed E-state index contributed by atoms with van der Waals surface area (Å²) in [5.74, 6) is 0. The fraction of sp³-hybridized carbons (Fsp3) is 0. The Hall–Kier alpha value is 4.33. The first kappa shape index (κ1) is 15.8. The van der Waals surface area contributed by atoms with Crippen LogP contribution < -0.4 is 0 Å². The van der Waals surface area contributed by atoms with E-state index >= 15 is 0 Å². The predicted molar refractivity (Wildman–Crippen MR) is 27.3 cm³/mol. The van der Waals surface area contributed by atoms with E-state index in [2.05, 4.69) is 0 Å². The van der Waals surface area contributed by atoms with Crippen molar-refractivity contribution in [1.82, 2.24) is 0 Å². The molecule has 0 saturated heterocycles. The molecule has 0 aliphatic carbocycles. The summed E-state index contributed by atoms with van der Waals surface area (Å²) < 4.78 is 4.83. The summed E-state index contributed by atoms with van der Waals surface area (Å²) in [6.45, 7) is 0. The Balaban J connectivity index is -0.00000000500. The van der Waals surface area contributed by atoms with Crippen LogP contribution in [0.2, 0.25) is 0 Å². The van der Waals surface area contributed by atoms with E-state index in [1.807, 2.05) is 0 Å². The standard InChI is InChI=1S/ClH.2K.Mg.3H/h1H;;;;;;/q;;+1;;;;/p-1. The van der Waals surface area contributed by atoms with Gasteiger partial charge >= 0.3 is 125 Å². The number of rotatable bonds is 0. The predicted octanol–water partition coefficient (Wildman–Crippen LogP) is -1.26. The molecule has 0 spiro atoms. The molecule has 0 aliphatic rings. The molecule has 0 atom stereocenters. The van der Waals surface area contributed by atoms with Gasteiger partial charge in [-0.15, -0.1) is 0 Å². The molecule has 0 nitrogen and oxygen atoms in total. The number of hydrogen-bond donors (Lipinski definition) is 0. The summed E-state index contributed by atoms with van der Waals surface area (Å²) in [7, 11) is 0. The van der Waals surface area contributed by atoms with Gasteiger partial charge in [0.15, 0.2) is 0 Å². The molecule has 0 amide bonds. The van der Waals surface area contributed by atoms with E-state index in [-0.39, 0.29) is 74.4 Å². The molecule has 0 N–H and O–H groups in total. The smallest absolute Gasteiger partial charge is 0.316 e. The summed E-state index contributed by atoms with van der Waals surface area (Å²) >= 11 is 0.535. The molecule has 14 valence electrons. The van der Waals surface area contributed by atoms with E-state index < -0.39 is 0 Å². The van der Waals surface area contributed by atoms with Gasteiger partial charge in [-0.3, -0.25) is 0 Å². The van der Waals surface area contributed by atoms with Gasteiger partial charge in [-0.05, 0) is 0 Å². The van der Waals surface area contributed by atoms with Crippen LogP contribution in [0.4, 0.5) is 0 Å². The van der Waals surface area contributed by atoms with Gasteiger partial charge in [-0.25, -0.2) is 0 Å². The summed E-state index contributed by atoms with van der Waals surface area (Å²) in [5, 5.41) is 0. The van der Waals surface area contributed by atoms with Crippen molar-refractivity contribution in [2.24, 2.45) is 0 Å². The summed E-state index contributed by atoms with van der Waals surface area (Å²) in [6, 6.07) is 0. The Labute approximate surface area is 121 Å². The third-order valence-corrected chi connectivity index (χ3v) is 0. The fourth-order valence-corrected chi connectivity index (χ4v) is 0. The molecule has 0 heterocycles. The minimum absolute atomic E-state index is 0. The second-order valence-electron chi connectivity index (χ2n) is 0. The van der Waals surface area contributed by atoms with Crippen molar-refractivity contribution in [2.45, 2.75) is 0 Å². The molecule has 0 fully saturated rings. The molecule has 0 aromatic rings. The zero-order valence-electron chi connectivity index (χ0n) is 1.38. The van der Waals surface area contributed by atoms with Crippen LogP contribution in [-0.2, 0) is 0 Å². The Morgan fingerprint density at radius 2 is 1.25 bits per heavy atom. The molecule has 4 heavy (non-hydrogen) atoms. The molecular weight excluding hydrogens is 138 g/mol. The molecule has 0 rings (SSSR count). The van der Waals surface area contributed by atoms with E-state index in [0.29, 0.717) is 47.1 Å². The van der Waals surface area contributed by atoms with Crippen molar-refractivity contribution in [1.29, 1.82) is 0 Å². The van der Waals surface area contributed by atoms with E-state index in [1.165, 1.54) is 0 Å². The van der Waals surface area contributed by atoms with E-state index in [4.69, 9.17) is 3.76 Å². The second-order valence-corrected chi connectivity index (χ2v) is 0. The van der Waals surface area contributed by atoms with Gasteiger partial charge < -0.3 is 0 Å². The van der Waals surface area contributed by atoms with Crippen molar-refractivity contribution in [3.63, 3.8) is 0 Å². The van der Waals surface area contributed by atoms with Crippen molar-refractivity contribution < 1.29 is 0 Å². The van der Waals surface area contributed by atoms with Crippen molar-refractivity contribution in [3.05, 3.63) is 0 Å². The van der Waals surface area contributed by atoms with Gasteiger partial charge in [0.1, 0.15) is 0 Å². The van der Waals surface area contributed by atoms with Gasteiger partial charge in [0.05, 0.1) is 0 Å².